The number of hydrogen-bond acceptors (Lipinski definition) is 2. The first kappa shape index (κ1) is 16.9. The van der Waals surface area contributed by atoms with Gasteiger partial charge in [0, 0.05) is 6.54 Å². The van der Waals surface area contributed by atoms with E-state index < -0.39 is 15.8 Å². The molecule has 0 aliphatic rings. The van der Waals surface area contributed by atoms with Crippen molar-refractivity contribution in [2.45, 2.75) is 12.2 Å². The first-order chi connectivity index (χ1) is 10.4. The molecule has 0 aliphatic heterocycles. The molecule has 118 valence electrons. The zero-order chi connectivity index (χ0) is 16.2. The van der Waals surface area contributed by atoms with Crippen LogP contribution in [0.2, 0.25) is 5.02 Å². The fourth-order valence-electron chi connectivity index (χ4n) is 1.90. The van der Waals surface area contributed by atoms with E-state index in [0.29, 0.717) is 12.0 Å². The Balaban J connectivity index is 1.90. The molecule has 2 aromatic rings. The zero-order valence-corrected chi connectivity index (χ0v) is 13.1. The molecular weight excluding hydrogens is 332 g/mol. The lowest BCUT2D eigenvalue weighted by molar-refractivity contribution is 0.580. The highest BCUT2D eigenvalue weighted by Gasteiger charge is 2.12. The molecule has 2 rings (SSSR count). The Kier molecular flexibility index (Phi) is 5.50. The van der Waals surface area contributed by atoms with Crippen LogP contribution in [-0.2, 0) is 22.2 Å². The third-order valence-electron chi connectivity index (χ3n) is 2.99. The summed E-state index contributed by atoms with van der Waals surface area (Å²) in [5.41, 5.74) is 1.23. The number of nitrogens with one attached hydrogen (secondary N) is 1. The second kappa shape index (κ2) is 7.17. The quantitative estimate of drug-likeness (QED) is 0.873. The smallest absolute Gasteiger partial charge is 0.215 e. The lowest BCUT2D eigenvalue weighted by Crippen LogP contribution is -2.27. The summed E-state index contributed by atoms with van der Waals surface area (Å²) in [6, 6.07) is 9.64. The summed E-state index contributed by atoms with van der Waals surface area (Å²) < 4.78 is 52.1. The molecule has 0 fully saturated rings. The van der Waals surface area contributed by atoms with Crippen molar-refractivity contribution in [1.82, 2.24) is 4.72 Å². The topological polar surface area (TPSA) is 46.2 Å². The average Bonchev–Trinajstić information content (AvgIpc) is 2.45. The lowest BCUT2D eigenvalue weighted by atomic mass is 10.1. The minimum absolute atomic E-state index is 0.112. The Labute approximate surface area is 133 Å². The van der Waals surface area contributed by atoms with E-state index in [1.54, 1.807) is 12.1 Å². The molecule has 0 radical (unpaired) electrons. The van der Waals surface area contributed by atoms with Gasteiger partial charge in [-0.05, 0) is 41.8 Å². The molecule has 0 atom stereocenters. The van der Waals surface area contributed by atoms with E-state index in [4.69, 9.17) is 11.6 Å². The molecule has 0 bridgehead atoms. The van der Waals surface area contributed by atoms with Crippen LogP contribution in [0.1, 0.15) is 11.1 Å². The van der Waals surface area contributed by atoms with Crippen molar-refractivity contribution in [3.63, 3.8) is 0 Å². The van der Waals surface area contributed by atoms with E-state index in [0.717, 1.165) is 11.6 Å². The van der Waals surface area contributed by atoms with Crippen molar-refractivity contribution in [2.75, 3.05) is 6.54 Å². The first-order valence-electron chi connectivity index (χ1n) is 6.51. The second-order valence-electron chi connectivity index (χ2n) is 4.78. The Morgan fingerprint density at radius 1 is 1.00 bits per heavy atom. The molecule has 1 N–H and O–H groups in total. The number of sulfonamides is 1. The van der Waals surface area contributed by atoms with Crippen molar-refractivity contribution in [3.05, 3.63) is 70.2 Å². The average molecular weight is 346 g/mol. The fraction of sp³-hybridized carbons (Fsp3) is 0.200. The minimum Gasteiger partial charge on any atom is -0.215 e. The molecule has 3 nitrogen and oxygen atoms in total. The highest BCUT2D eigenvalue weighted by Crippen LogP contribution is 2.17. The number of hydrogen-bond donors (Lipinski definition) is 1. The van der Waals surface area contributed by atoms with Gasteiger partial charge in [0.25, 0.3) is 0 Å². The third kappa shape index (κ3) is 5.05. The number of halogens is 3. The Morgan fingerprint density at radius 3 is 2.27 bits per heavy atom. The van der Waals surface area contributed by atoms with Gasteiger partial charge in [-0.1, -0.05) is 29.8 Å². The maximum absolute atomic E-state index is 13.0. The number of rotatable bonds is 6. The van der Waals surface area contributed by atoms with Crippen molar-refractivity contribution in [1.29, 1.82) is 0 Å². The molecule has 7 heteroatoms. The highest BCUT2D eigenvalue weighted by molar-refractivity contribution is 7.88. The summed E-state index contributed by atoms with van der Waals surface area (Å²) in [5, 5.41) is -0.112. The van der Waals surface area contributed by atoms with Crippen molar-refractivity contribution >= 4 is 21.6 Å². The van der Waals surface area contributed by atoms with Crippen LogP contribution in [0, 0.1) is 11.6 Å². The zero-order valence-electron chi connectivity index (χ0n) is 11.5. The Hall–Kier alpha value is -1.50. The van der Waals surface area contributed by atoms with E-state index in [-0.39, 0.29) is 23.1 Å². The van der Waals surface area contributed by atoms with E-state index in [9.17, 15) is 17.2 Å². The summed E-state index contributed by atoms with van der Waals surface area (Å²) in [6.45, 7) is 0.197. The van der Waals surface area contributed by atoms with Crippen LogP contribution >= 0.6 is 11.6 Å². The fourth-order valence-corrected chi connectivity index (χ4v) is 3.24. The van der Waals surface area contributed by atoms with Gasteiger partial charge in [0.1, 0.15) is 11.6 Å². The van der Waals surface area contributed by atoms with E-state index >= 15 is 0 Å². The molecular formula is C15H14ClF2NO2S. The number of benzene rings is 2. The molecule has 2 aromatic carbocycles. The van der Waals surface area contributed by atoms with Gasteiger partial charge in [-0.25, -0.2) is 21.9 Å². The molecule has 0 aromatic heterocycles. The van der Waals surface area contributed by atoms with Crippen molar-refractivity contribution in [3.8, 4) is 0 Å². The van der Waals surface area contributed by atoms with Crippen LogP contribution in [-0.4, -0.2) is 15.0 Å². The maximum Gasteiger partial charge on any atom is 0.215 e. The van der Waals surface area contributed by atoms with E-state index in [2.05, 4.69) is 4.72 Å². The van der Waals surface area contributed by atoms with Crippen LogP contribution in [0.15, 0.2) is 42.5 Å². The lowest BCUT2D eigenvalue weighted by Gasteiger charge is -2.07. The van der Waals surface area contributed by atoms with Gasteiger partial charge in [0.05, 0.1) is 10.8 Å². The van der Waals surface area contributed by atoms with Crippen LogP contribution in [0.4, 0.5) is 8.78 Å². The van der Waals surface area contributed by atoms with Gasteiger partial charge in [-0.3, -0.25) is 0 Å². The third-order valence-corrected chi connectivity index (χ3v) is 4.64. The molecule has 0 saturated carbocycles. The van der Waals surface area contributed by atoms with Gasteiger partial charge < -0.3 is 0 Å². The summed E-state index contributed by atoms with van der Waals surface area (Å²) in [7, 11) is -3.55. The Morgan fingerprint density at radius 2 is 1.64 bits per heavy atom. The first-order valence-corrected chi connectivity index (χ1v) is 8.54. The van der Waals surface area contributed by atoms with Gasteiger partial charge in [0.2, 0.25) is 10.0 Å². The predicted octanol–water partition coefficient (Wildman–Crippen LogP) is 3.28. The standard InChI is InChI=1S/C15H14ClF2NO2S/c16-14-9-12(3-6-15(14)18)10-22(20,21)19-8-7-11-1-4-13(17)5-2-11/h1-6,9,19H,7-8,10H2. The largest absolute Gasteiger partial charge is 0.215 e. The summed E-state index contributed by atoms with van der Waals surface area (Å²) in [6.07, 6.45) is 0.448. The second-order valence-corrected chi connectivity index (χ2v) is 6.99. The highest BCUT2D eigenvalue weighted by atomic mass is 35.5. The molecule has 0 heterocycles. The molecule has 0 spiro atoms. The minimum atomic E-state index is -3.55. The van der Waals surface area contributed by atoms with Gasteiger partial charge in [0.15, 0.2) is 0 Å². The maximum atomic E-state index is 13.0. The van der Waals surface area contributed by atoms with Crippen LogP contribution in [0.5, 0.6) is 0 Å². The van der Waals surface area contributed by atoms with Crippen LogP contribution in [0.3, 0.4) is 0 Å². The molecule has 22 heavy (non-hydrogen) atoms. The molecule has 0 saturated heterocycles. The Bertz CT molecular complexity index is 749. The van der Waals surface area contributed by atoms with Crippen LogP contribution in [0.25, 0.3) is 0 Å². The molecule has 0 amide bonds. The van der Waals surface area contributed by atoms with Crippen LogP contribution < -0.4 is 4.72 Å². The normalized spacial score (nSPS) is 11.6. The molecule has 0 unspecified atom stereocenters. The SMILES string of the molecule is O=S(=O)(Cc1ccc(F)c(Cl)c1)NCCc1ccc(F)cc1. The van der Waals surface area contributed by atoms with Crippen molar-refractivity contribution < 1.29 is 17.2 Å². The molecule has 0 aliphatic carbocycles. The van der Waals surface area contributed by atoms with Gasteiger partial charge in [-0.2, -0.15) is 0 Å². The van der Waals surface area contributed by atoms with E-state index in [1.807, 2.05) is 0 Å². The predicted molar refractivity (Wildman–Crippen MR) is 82.1 cm³/mol. The summed E-state index contributed by atoms with van der Waals surface area (Å²) in [5.74, 6) is -1.21. The summed E-state index contributed by atoms with van der Waals surface area (Å²) in [4.78, 5) is 0. The van der Waals surface area contributed by atoms with Crippen molar-refractivity contribution in [2.24, 2.45) is 0 Å². The monoisotopic (exact) mass is 345 g/mol. The summed E-state index contributed by atoms with van der Waals surface area (Å²) >= 11 is 5.62. The van der Waals surface area contributed by atoms with Gasteiger partial charge >= 0.3 is 0 Å². The van der Waals surface area contributed by atoms with Gasteiger partial charge in [-0.15, -0.1) is 0 Å². The van der Waals surface area contributed by atoms with E-state index in [1.165, 1.54) is 24.3 Å².